The minimum Gasteiger partial charge on any atom is -0.493 e. The molecule has 0 atom stereocenters. The summed E-state index contributed by atoms with van der Waals surface area (Å²) in [5.74, 6) is -0.801. The Morgan fingerprint density at radius 3 is 2.20 bits per heavy atom. The smallest absolute Gasteiger partial charge is 0.493 e. The van der Waals surface area contributed by atoms with Gasteiger partial charge in [-0.1, -0.05) is 51.5 Å². The molecule has 3 aromatic rings. The van der Waals surface area contributed by atoms with Crippen LogP contribution in [0.4, 0.5) is 26.3 Å². The van der Waals surface area contributed by atoms with Gasteiger partial charge in [0.2, 0.25) is 0 Å². The molecular formula is C32H36F6O5S. The van der Waals surface area contributed by atoms with Crippen molar-refractivity contribution in [1.29, 1.82) is 0 Å². The van der Waals surface area contributed by atoms with Crippen LogP contribution in [0.5, 0.6) is 5.75 Å². The van der Waals surface area contributed by atoms with E-state index in [1.807, 2.05) is 6.07 Å². The number of hydrogen-bond acceptors (Lipinski definition) is 6. The third kappa shape index (κ3) is 10.8. The van der Waals surface area contributed by atoms with E-state index in [1.54, 1.807) is 18.2 Å². The molecule has 0 unspecified atom stereocenters. The lowest BCUT2D eigenvalue weighted by molar-refractivity contribution is -0.514. The number of fused-ring (bicyclic) bond motifs is 1. The molecule has 242 valence electrons. The Morgan fingerprint density at radius 1 is 0.886 bits per heavy atom. The number of unbranched alkanes of at least 4 members (excludes halogenated alkanes) is 2. The normalized spacial score (nSPS) is 12.5. The van der Waals surface area contributed by atoms with Gasteiger partial charge in [-0.15, -0.1) is 20.1 Å². The zero-order valence-electron chi connectivity index (χ0n) is 24.8. The first-order valence-corrected chi connectivity index (χ1v) is 15.1. The number of carbonyl (C=O) groups excluding carboxylic acids is 1. The van der Waals surface area contributed by atoms with Crippen LogP contribution in [0.1, 0.15) is 64.0 Å². The Balaban J connectivity index is 1.57. The maximum Gasteiger partial charge on any atom is 0.494 e. The van der Waals surface area contributed by atoms with E-state index in [0.29, 0.717) is 0 Å². The molecule has 3 rings (SSSR count). The van der Waals surface area contributed by atoms with Crippen LogP contribution in [0.25, 0.3) is 20.5 Å². The molecule has 0 bridgehead atoms. The Morgan fingerprint density at radius 2 is 1.57 bits per heavy atom. The highest BCUT2D eigenvalue weighted by Gasteiger charge is 2.52. The van der Waals surface area contributed by atoms with Crippen LogP contribution in [-0.4, -0.2) is 37.7 Å². The maximum absolute atomic E-state index is 14.1. The third-order valence-corrected chi connectivity index (χ3v) is 7.68. The van der Waals surface area contributed by atoms with Crippen molar-refractivity contribution in [3.8, 4) is 16.2 Å². The number of carbonyl (C=O) groups is 1. The van der Waals surface area contributed by atoms with E-state index in [2.05, 4.69) is 52.8 Å². The fraction of sp³-hybridized carbons (Fsp3) is 0.469. The summed E-state index contributed by atoms with van der Waals surface area (Å²) in [5.41, 5.74) is 3.55. The number of benzene rings is 2. The lowest BCUT2D eigenvalue weighted by Gasteiger charge is -2.26. The van der Waals surface area contributed by atoms with Gasteiger partial charge in [0.25, 0.3) is 0 Å². The molecule has 5 nitrogen and oxygen atoms in total. The summed E-state index contributed by atoms with van der Waals surface area (Å²) in [4.78, 5) is 12.2. The van der Waals surface area contributed by atoms with Crippen molar-refractivity contribution in [2.75, 3.05) is 13.2 Å². The molecule has 0 N–H and O–H groups in total. The Kier molecular flexibility index (Phi) is 12.3. The first-order valence-electron chi connectivity index (χ1n) is 14.3. The predicted molar refractivity (Wildman–Crippen MR) is 157 cm³/mol. The van der Waals surface area contributed by atoms with Crippen molar-refractivity contribution >= 4 is 27.4 Å². The summed E-state index contributed by atoms with van der Waals surface area (Å²) in [7, 11) is 0. The topological polar surface area (TPSA) is 54.0 Å². The van der Waals surface area contributed by atoms with Gasteiger partial charge in [0.05, 0.1) is 26.1 Å². The van der Waals surface area contributed by atoms with Crippen molar-refractivity contribution in [3.63, 3.8) is 0 Å². The Labute approximate surface area is 256 Å². The van der Waals surface area contributed by atoms with Gasteiger partial charge < -0.3 is 9.47 Å². The average molecular weight is 647 g/mol. The van der Waals surface area contributed by atoms with Crippen LogP contribution in [0.2, 0.25) is 0 Å². The summed E-state index contributed by atoms with van der Waals surface area (Å²) < 4.78 is 100. The molecule has 1 heterocycles. The minimum atomic E-state index is -5.34. The number of esters is 1. The first kappa shape index (κ1) is 35.4. The molecule has 44 heavy (non-hydrogen) atoms. The molecule has 0 radical (unpaired) electrons. The number of alkyl halides is 6. The van der Waals surface area contributed by atoms with Crippen molar-refractivity contribution in [1.82, 2.24) is 0 Å². The number of ether oxygens (including phenoxy) is 4. The minimum absolute atomic E-state index is 0.103. The van der Waals surface area contributed by atoms with Gasteiger partial charge in [-0.3, -0.25) is 0 Å². The summed E-state index contributed by atoms with van der Waals surface area (Å²) in [6, 6.07) is 13.5. The van der Waals surface area contributed by atoms with Gasteiger partial charge in [-0.2, -0.15) is 17.6 Å². The van der Waals surface area contributed by atoms with Crippen LogP contribution in [-0.2, 0) is 31.8 Å². The van der Waals surface area contributed by atoms with E-state index in [4.69, 9.17) is 4.74 Å². The van der Waals surface area contributed by atoms with E-state index in [-0.39, 0.29) is 11.3 Å². The second kappa shape index (κ2) is 15.3. The van der Waals surface area contributed by atoms with E-state index in [9.17, 15) is 31.1 Å². The second-order valence-electron chi connectivity index (χ2n) is 10.3. The highest BCUT2D eigenvalue weighted by atomic mass is 32.1. The van der Waals surface area contributed by atoms with E-state index < -0.39 is 50.5 Å². The van der Waals surface area contributed by atoms with Crippen molar-refractivity contribution in [3.05, 3.63) is 65.7 Å². The third-order valence-electron chi connectivity index (χ3n) is 6.55. The summed E-state index contributed by atoms with van der Waals surface area (Å²) in [6.07, 6.45) is -12.0. The van der Waals surface area contributed by atoms with Gasteiger partial charge in [0.15, 0.2) is 0 Å². The van der Waals surface area contributed by atoms with Crippen LogP contribution >= 0.6 is 11.3 Å². The highest BCUT2D eigenvalue weighted by molar-refractivity contribution is 7.22. The first-order chi connectivity index (χ1) is 20.6. The maximum atomic E-state index is 14.1. The number of thiophene rings is 1. The van der Waals surface area contributed by atoms with Crippen LogP contribution in [0.3, 0.4) is 0 Å². The zero-order valence-corrected chi connectivity index (χ0v) is 25.6. The molecule has 0 aliphatic rings. The average Bonchev–Trinajstić information content (AvgIpc) is 3.34. The van der Waals surface area contributed by atoms with Crippen LogP contribution in [0, 0.1) is 0 Å². The quantitative estimate of drug-likeness (QED) is 0.0453. The van der Waals surface area contributed by atoms with Crippen molar-refractivity contribution < 1.29 is 50.1 Å². The van der Waals surface area contributed by atoms with Crippen molar-refractivity contribution in [2.45, 2.75) is 84.2 Å². The number of aryl methyl sites for hydroxylation is 2. The predicted octanol–water partition coefficient (Wildman–Crippen LogP) is 9.91. The van der Waals surface area contributed by atoms with Crippen LogP contribution < -0.4 is 4.74 Å². The molecule has 1 aromatic heterocycles. The zero-order chi connectivity index (χ0) is 32.5. The molecule has 0 spiro atoms. The second-order valence-corrected chi connectivity index (χ2v) is 11.4. The van der Waals surface area contributed by atoms with Gasteiger partial charge in [-0.05, 0) is 72.5 Å². The molecule has 0 amide bonds. The fourth-order valence-electron chi connectivity index (χ4n) is 4.29. The molecule has 0 fully saturated rings. The highest BCUT2D eigenvalue weighted by Crippen LogP contribution is 2.39. The molecule has 12 heteroatoms. The lowest BCUT2D eigenvalue weighted by atomic mass is 9.98. The Hall–Kier alpha value is -3.09. The van der Waals surface area contributed by atoms with Gasteiger partial charge in [-0.25, -0.2) is 14.3 Å². The standard InChI is InChI=1S/C32H36F6O5S/c1-5-7-8-9-22-10-13-26(23(6-2)18-22)28-19-24-11-12-25(20-27(24)44-28)40-16-14-30(33,34)42-32(37,38)43-31(35,36)15-17-41-29(39)21(3)4/h10-13,18-20H,3,5-9,14-17H2,1-2,4H3. The molecule has 2 aromatic carbocycles. The summed E-state index contributed by atoms with van der Waals surface area (Å²) in [5, 5.41) is 0.923. The lowest BCUT2D eigenvalue weighted by Crippen LogP contribution is -2.41. The number of hydrogen-bond donors (Lipinski definition) is 0. The van der Waals surface area contributed by atoms with Gasteiger partial charge in [0, 0.05) is 15.2 Å². The SMILES string of the molecule is C=C(C)C(=O)OCCC(F)(F)OC(F)(F)OC(F)(F)CCOc1ccc2cc(-c3ccc(CCCCC)cc3CC)sc2c1. The van der Waals surface area contributed by atoms with Crippen molar-refractivity contribution in [2.24, 2.45) is 0 Å². The number of rotatable bonds is 18. The summed E-state index contributed by atoms with van der Waals surface area (Å²) in [6.45, 7) is 6.99. The molecule has 0 aliphatic heterocycles. The monoisotopic (exact) mass is 646 g/mol. The summed E-state index contributed by atoms with van der Waals surface area (Å²) >= 11 is 1.51. The molecule has 0 aliphatic carbocycles. The van der Waals surface area contributed by atoms with E-state index in [0.717, 1.165) is 46.2 Å². The number of halogens is 6. The van der Waals surface area contributed by atoms with E-state index >= 15 is 0 Å². The van der Waals surface area contributed by atoms with Crippen LogP contribution in [0.15, 0.2) is 54.6 Å². The Bertz CT molecular complexity index is 1420. The fourth-order valence-corrected chi connectivity index (χ4v) is 5.44. The van der Waals surface area contributed by atoms with E-state index in [1.165, 1.54) is 35.8 Å². The molecular weight excluding hydrogens is 610 g/mol. The molecule has 0 saturated carbocycles. The van der Waals surface area contributed by atoms with Gasteiger partial charge >= 0.3 is 24.5 Å². The van der Waals surface area contributed by atoms with Gasteiger partial charge in [0.1, 0.15) is 5.75 Å². The largest absolute Gasteiger partial charge is 0.494 e. The molecule has 0 saturated heterocycles.